The SMILES string of the molecule is CCS(=O)(=O)N1CCN(Cc2ccc(C(=O)Nc3ccc(CSc4ccccc4)cc3C)cc2)CC1. The second-order valence-corrected chi connectivity index (χ2v) is 12.3. The highest BCUT2D eigenvalue weighted by molar-refractivity contribution is 7.98. The third kappa shape index (κ3) is 6.97. The van der Waals surface area contributed by atoms with E-state index in [4.69, 9.17) is 0 Å². The molecule has 0 aromatic heterocycles. The Balaban J connectivity index is 1.29. The molecule has 0 radical (unpaired) electrons. The van der Waals surface area contributed by atoms with Gasteiger partial charge in [-0.3, -0.25) is 9.69 Å². The van der Waals surface area contributed by atoms with E-state index < -0.39 is 10.0 Å². The van der Waals surface area contributed by atoms with Crippen LogP contribution >= 0.6 is 11.8 Å². The van der Waals surface area contributed by atoms with Crippen molar-refractivity contribution < 1.29 is 13.2 Å². The van der Waals surface area contributed by atoms with Crippen LogP contribution in [0.5, 0.6) is 0 Å². The van der Waals surface area contributed by atoms with E-state index in [9.17, 15) is 13.2 Å². The van der Waals surface area contributed by atoms with Crippen LogP contribution in [0.3, 0.4) is 0 Å². The number of aryl methyl sites for hydroxylation is 1. The van der Waals surface area contributed by atoms with Crippen LogP contribution in [-0.2, 0) is 22.3 Å². The normalized spacial score (nSPS) is 15.1. The molecule has 4 rings (SSSR count). The zero-order valence-corrected chi connectivity index (χ0v) is 22.4. The van der Waals surface area contributed by atoms with Gasteiger partial charge >= 0.3 is 0 Å². The third-order valence-corrected chi connectivity index (χ3v) is 9.36. The number of benzene rings is 3. The average molecular weight is 524 g/mol. The number of anilines is 1. The zero-order valence-electron chi connectivity index (χ0n) is 20.8. The van der Waals surface area contributed by atoms with E-state index >= 15 is 0 Å². The molecule has 8 heteroatoms. The first-order valence-electron chi connectivity index (χ1n) is 12.2. The molecule has 0 unspecified atom stereocenters. The first-order valence-corrected chi connectivity index (χ1v) is 14.8. The van der Waals surface area contributed by atoms with Crippen molar-refractivity contribution in [1.29, 1.82) is 0 Å². The van der Waals surface area contributed by atoms with Crippen molar-refractivity contribution in [2.75, 3.05) is 37.2 Å². The minimum Gasteiger partial charge on any atom is -0.322 e. The predicted molar refractivity (Wildman–Crippen MR) is 148 cm³/mol. The van der Waals surface area contributed by atoms with Gasteiger partial charge in [0.2, 0.25) is 10.0 Å². The molecule has 3 aromatic carbocycles. The summed E-state index contributed by atoms with van der Waals surface area (Å²) < 4.78 is 25.7. The van der Waals surface area contributed by atoms with Gasteiger partial charge in [-0.15, -0.1) is 11.8 Å². The molecule has 0 spiro atoms. The molecular weight excluding hydrogens is 490 g/mol. The van der Waals surface area contributed by atoms with E-state index in [2.05, 4.69) is 34.5 Å². The van der Waals surface area contributed by atoms with Gasteiger partial charge in [-0.25, -0.2) is 8.42 Å². The summed E-state index contributed by atoms with van der Waals surface area (Å²) in [5, 5.41) is 3.03. The fourth-order valence-electron chi connectivity index (χ4n) is 4.20. The Morgan fingerprint density at radius 3 is 2.22 bits per heavy atom. The van der Waals surface area contributed by atoms with E-state index in [0.717, 1.165) is 29.1 Å². The van der Waals surface area contributed by atoms with Crippen molar-refractivity contribution >= 4 is 33.4 Å². The average Bonchev–Trinajstić information content (AvgIpc) is 2.90. The first-order chi connectivity index (χ1) is 17.3. The molecule has 6 nitrogen and oxygen atoms in total. The first kappa shape index (κ1) is 26.4. The van der Waals surface area contributed by atoms with Crippen LogP contribution < -0.4 is 5.32 Å². The van der Waals surface area contributed by atoms with Crippen LogP contribution in [0, 0.1) is 6.92 Å². The van der Waals surface area contributed by atoms with Crippen molar-refractivity contribution in [3.8, 4) is 0 Å². The number of amides is 1. The molecule has 1 aliphatic rings. The fraction of sp³-hybridized carbons (Fsp3) is 0.321. The van der Waals surface area contributed by atoms with Gasteiger partial charge < -0.3 is 5.32 Å². The van der Waals surface area contributed by atoms with Crippen molar-refractivity contribution in [3.63, 3.8) is 0 Å². The Hall–Kier alpha value is -2.65. The maximum Gasteiger partial charge on any atom is 0.255 e. The number of carbonyl (C=O) groups is 1. The molecular formula is C28H33N3O3S2. The predicted octanol–water partition coefficient (Wildman–Crippen LogP) is 5.01. The Labute approximate surface area is 218 Å². The highest BCUT2D eigenvalue weighted by Gasteiger charge is 2.25. The molecule has 1 fully saturated rings. The molecule has 3 aromatic rings. The number of rotatable bonds is 9. The number of hydrogen-bond donors (Lipinski definition) is 1. The van der Waals surface area contributed by atoms with E-state index in [1.807, 2.05) is 55.5 Å². The second kappa shape index (κ2) is 12.1. The summed E-state index contributed by atoms with van der Waals surface area (Å²) in [6.45, 7) is 6.91. The topological polar surface area (TPSA) is 69.7 Å². The molecule has 1 heterocycles. The van der Waals surface area contributed by atoms with Gasteiger partial charge in [0.25, 0.3) is 5.91 Å². The molecule has 1 aliphatic heterocycles. The molecule has 0 aliphatic carbocycles. The van der Waals surface area contributed by atoms with Gasteiger partial charge in [-0.1, -0.05) is 42.5 Å². The highest BCUT2D eigenvalue weighted by Crippen LogP contribution is 2.25. The maximum atomic E-state index is 12.8. The number of carbonyl (C=O) groups excluding carboxylic acids is 1. The Morgan fingerprint density at radius 2 is 1.58 bits per heavy atom. The number of piperazine rings is 1. The Bertz CT molecular complexity index is 1270. The Kier molecular flexibility index (Phi) is 8.85. The van der Waals surface area contributed by atoms with Crippen LogP contribution in [0.1, 0.15) is 34.0 Å². The number of hydrogen-bond acceptors (Lipinski definition) is 5. The summed E-state index contributed by atoms with van der Waals surface area (Å²) in [7, 11) is -3.12. The molecule has 1 amide bonds. The quantitative estimate of drug-likeness (QED) is 0.400. The lowest BCUT2D eigenvalue weighted by Gasteiger charge is -2.33. The summed E-state index contributed by atoms with van der Waals surface area (Å²) >= 11 is 1.79. The summed E-state index contributed by atoms with van der Waals surface area (Å²) in [4.78, 5) is 16.3. The number of nitrogens with zero attached hydrogens (tertiary/aromatic N) is 2. The number of thioether (sulfide) groups is 1. The smallest absolute Gasteiger partial charge is 0.255 e. The van der Waals surface area contributed by atoms with Crippen LogP contribution in [-0.4, -0.2) is 55.5 Å². The third-order valence-electron chi connectivity index (χ3n) is 6.40. The van der Waals surface area contributed by atoms with Gasteiger partial charge in [0.05, 0.1) is 5.75 Å². The standard InChI is InChI=1S/C28H33N3O3S2/c1-3-36(33,34)31-17-15-30(16-18-31)20-23-9-12-25(13-10-23)28(32)29-27-14-11-24(19-22(27)2)21-35-26-7-5-4-6-8-26/h4-14,19H,3,15-18,20-21H2,1-2H3,(H,29,32). The molecule has 36 heavy (non-hydrogen) atoms. The monoisotopic (exact) mass is 523 g/mol. The molecule has 190 valence electrons. The number of nitrogens with one attached hydrogen (secondary N) is 1. The lowest BCUT2D eigenvalue weighted by Crippen LogP contribution is -2.48. The summed E-state index contributed by atoms with van der Waals surface area (Å²) in [5.74, 6) is 0.895. The highest BCUT2D eigenvalue weighted by atomic mass is 32.2. The lowest BCUT2D eigenvalue weighted by atomic mass is 10.1. The van der Waals surface area contributed by atoms with E-state index in [-0.39, 0.29) is 11.7 Å². The fourth-order valence-corrected chi connectivity index (χ4v) is 6.15. The van der Waals surface area contributed by atoms with Gasteiger partial charge in [-0.2, -0.15) is 4.31 Å². The Morgan fingerprint density at radius 1 is 0.917 bits per heavy atom. The van der Waals surface area contributed by atoms with Gasteiger partial charge in [0.15, 0.2) is 0 Å². The van der Waals surface area contributed by atoms with Crippen LogP contribution in [0.25, 0.3) is 0 Å². The summed E-state index contributed by atoms with van der Waals surface area (Å²) in [6, 6.07) is 24.1. The minimum absolute atomic E-state index is 0.130. The van der Waals surface area contributed by atoms with Crippen molar-refractivity contribution in [3.05, 3.63) is 95.1 Å². The zero-order chi connectivity index (χ0) is 25.5. The molecule has 1 saturated heterocycles. The molecule has 0 atom stereocenters. The van der Waals surface area contributed by atoms with Gasteiger partial charge in [0, 0.05) is 54.6 Å². The van der Waals surface area contributed by atoms with Crippen LogP contribution in [0.2, 0.25) is 0 Å². The maximum absolute atomic E-state index is 12.8. The van der Waals surface area contributed by atoms with Gasteiger partial charge in [-0.05, 0) is 60.9 Å². The lowest BCUT2D eigenvalue weighted by molar-refractivity contribution is 0.102. The van der Waals surface area contributed by atoms with Crippen molar-refractivity contribution in [2.45, 2.75) is 31.0 Å². The summed E-state index contributed by atoms with van der Waals surface area (Å²) in [5.41, 5.74) is 4.79. The molecule has 0 bridgehead atoms. The summed E-state index contributed by atoms with van der Waals surface area (Å²) in [6.07, 6.45) is 0. The molecule has 0 saturated carbocycles. The van der Waals surface area contributed by atoms with E-state index in [0.29, 0.717) is 31.7 Å². The second-order valence-electron chi connectivity index (χ2n) is 8.98. The van der Waals surface area contributed by atoms with Crippen molar-refractivity contribution in [1.82, 2.24) is 9.21 Å². The number of sulfonamides is 1. The van der Waals surface area contributed by atoms with Crippen molar-refractivity contribution in [2.24, 2.45) is 0 Å². The van der Waals surface area contributed by atoms with Crippen LogP contribution in [0.4, 0.5) is 5.69 Å². The molecule has 1 N–H and O–H groups in total. The van der Waals surface area contributed by atoms with E-state index in [1.165, 1.54) is 10.5 Å². The largest absolute Gasteiger partial charge is 0.322 e. The minimum atomic E-state index is -3.12. The van der Waals surface area contributed by atoms with Gasteiger partial charge in [0.1, 0.15) is 0 Å². The van der Waals surface area contributed by atoms with E-state index in [1.54, 1.807) is 23.0 Å². The van der Waals surface area contributed by atoms with Crippen LogP contribution in [0.15, 0.2) is 77.7 Å².